The fraction of sp³-hybridized carbons (Fsp3) is 0.545. The highest BCUT2D eigenvalue weighted by Crippen LogP contribution is 2.23. The second-order valence-corrected chi connectivity index (χ2v) is 5.95. The van der Waals surface area contributed by atoms with E-state index in [9.17, 15) is 14.1 Å². The predicted octanol–water partition coefficient (Wildman–Crippen LogP) is 0.360. The van der Waals surface area contributed by atoms with E-state index in [4.69, 9.17) is 0 Å². The van der Waals surface area contributed by atoms with Crippen molar-refractivity contribution >= 4 is 22.6 Å². The third-order valence-corrected chi connectivity index (χ3v) is 4.40. The van der Waals surface area contributed by atoms with Gasteiger partial charge >= 0.3 is 5.97 Å². The number of hydrogen-bond acceptors (Lipinski definition) is 5. The summed E-state index contributed by atoms with van der Waals surface area (Å²) >= 11 is 0. The second-order valence-electron chi connectivity index (χ2n) is 4.25. The van der Waals surface area contributed by atoms with Crippen molar-refractivity contribution in [3.05, 3.63) is 16.8 Å². The van der Waals surface area contributed by atoms with Gasteiger partial charge in [-0.1, -0.05) is 0 Å². The van der Waals surface area contributed by atoms with Gasteiger partial charge in [0, 0.05) is 35.4 Å². The molecule has 1 aliphatic heterocycles. The van der Waals surface area contributed by atoms with Gasteiger partial charge in [-0.15, -0.1) is 5.10 Å². The topological polar surface area (TPSA) is 83.4 Å². The van der Waals surface area contributed by atoms with Crippen molar-refractivity contribution in [2.45, 2.75) is 13.8 Å². The number of nitrogens with zero attached hydrogens (tertiary/aromatic N) is 3. The zero-order valence-corrected chi connectivity index (χ0v) is 11.2. The van der Waals surface area contributed by atoms with Crippen LogP contribution in [0.15, 0.2) is 0 Å². The molecule has 1 aromatic heterocycles. The minimum Gasteiger partial charge on any atom is -0.478 e. The Morgan fingerprint density at radius 3 is 2.44 bits per heavy atom. The van der Waals surface area contributed by atoms with Gasteiger partial charge in [-0.05, 0) is 19.4 Å². The first-order valence-corrected chi connectivity index (χ1v) is 7.16. The highest BCUT2D eigenvalue weighted by Gasteiger charge is 2.24. The number of aromatic carboxylic acids is 1. The van der Waals surface area contributed by atoms with Gasteiger partial charge in [0.1, 0.15) is 5.56 Å². The molecule has 1 aromatic rings. The van der Waals surface area contributed by atoms with Crippen LogP contribution < -0.4 is 4.90 Å². The molecule has 7 heteroatoms. The molecule has 0 aliphatic carbocycles. The molecular weight excluding hydrogens is 254 g/mol. The van der Waals surface area contributed by atoms with Gasteiger partial charge in [-0.3, -0.25) is 4.21 Å². The van der Waals surface area contributed by atoms with E-state index in [1.54, 1.807) is 13.8 Å². The van der Waals surface area contributed by atoms with Gasteiger partial charge in [0.2, 0.25) is 0 Å². The van der Waals surface area contributed by atoms with Crippen LogP contribution in [0.2, 0.25) is 0 Å². The Hall–Kier alpha value is -1.50. The summed E-state index contributed by atoms with van der Waals surface area (Å²) in [5.74, 6) is 0.496. The van der Waals surface area contributed by atoms with Crippen molar-refractivity contribution in [2.75, 3.05) is 29.5 Å². The maximum Gasteiger partial charge on any atom is 0.339 e. The highest BCUT2D eigenvalue weighted by atomic mass is 32.2. The van der Waals surface area contributed by atoms with Gasteiger partial charge in [0.15, 0.2) is 5.82 Å². The van der Waals surface area contributed by atoms with Crippen molar-refractivity contribution in [2.24, 2.45) is 0 Å². The van der Waals surface area contributed by atoms with Crippen LogP contribution in [0.5, 0.6) is 0 Å². The molecule has 0 spiro atoms. The Kier molecular flexibility index (Phi) is 3.60. The van der Waals surface area contributed by atoms with Crippen molar-refractivity contribution in [1.82, 2.24) is 10.2 Å². The molecule has 2 heterocycles. The zero-order chi connectivity index (χ0) is 13.3. The summed E-state index contributed by atoms with van der Waals surface area (Å²) in [5, 5.41) is 17.3. The Balaban J connectivity index is 2.41. The van der Waals surface area contributed by atoms with Crippen LogP contribution in [0.25, 0.3) is 0 Å². The third-order valence-electron chi connectivity index (χ3n) is 3.13. The maximum absolute atomic E-state index is 11.3. The molecule has 6 nitrogen and oxygen atoms in total. The maximum atomic E-state index is 11.3. The van der Waals surface area contributed by atoms with Crippen LogP contribution in [0.1, 0.15) is 21.6 Å². The number of hydrogen-bond donors (Lipinski definition) is 1. The number of rotatable bonds is 2. The van der Waals surface area contributed by atoms with Gasteiger partial charge < -0.3 is 10.0 Å². The van der Waals surface area contributed by atoms with E-state index >= 15 is 0 Å². The fourth-order valence-electron chi connectivity index (χ4n) is 1.92. The minimum atomic E-state index is -0.993. The van der Waals surface area contributed by atoms with E-state index in [0.29, 0.717) is 41.7 Å². The summed E-state index contributed by atoms with van der Waals surface area (Å²) in [4.78, 5) is 13.2. The molecule has 0 saturated carbocycles. The normalized spacial score (nSPS) is 16.9. The van der Waals surface area contributed by atoms with Crippen LogP contribution in [0, 0.1) is 13.8 Å². The lowest BCUT2D eigenvalue weighted by atomic mass is 10.1. The van der Waals surface area contributed by atoms with Crippen molar-refractivity contribution < 1.29 is 14.1 Å². The molecule has 18 heavy (non-hydrogen) atoms. The van der Waals surface area contributed by atoms with Crippen molar-refractivity contribution in [3.8, 4) is 0 Å². The highest BCUT2D eigenvalue weighted by molar-refractivity contribution is 7.85. The lowest BCUT2D eigenvalue weighted by Crippen LogP contribution is -2.39. The van der Waals surface area contributed by atoms with Crippen LogP contribution >= 0.6 is 0 Å². The quantitative estimate of drug-likeness (QED) is 0.834. The molecule has 1 saturated heterocycles. The Morgan fingerprint density at radius 1 is 1.28 bits per heavy atom. The minimum absolute atomic E-state index is 0.204. The smallest absolute Gasteiger partial charge is 0.339 e. The first kappa shape index (κ1) is 12.9. The van der Waals surface area contributed by atoms with Crippen LogP contribution in [0.4, 0.5) is 5.82 Å². The third kappa shape index (κ3) is 2.35. The Morgan fingerprint density at radius 2 is 1.89 bits per heavy atom. The van der Waals surface area contributed by atoms with Gasteiger partial charge in [0.05, 0.1) is 5.69 Å². The molecule has 0 radical (unpaired) electrons. The Bertz CT molecular complexity index is 509. The summed E-state index contributed by atoms with van der Waals surface area (Å²) < 4.78 is 11.3. The predicted molar refractivity (Wildman–Crippen MR) is 68.6 cm³/mol. The first-order chi connectivity index (χ1) is 8.50. The van der Waals surface area contributed by atoms with Crippen molar-refractivity contribution in [1.29, 1.82) is 0 Å². The molecule has 1 aliphatic rings. The molecule has 0 atom stereocenters. The average molecular weight is 269 g/mol. The summed E-state index contributed by atoms with van der Waals surface area (Å²) in [5.41, 5.74) is 1.46. The number of carboxylic acid groups (broad SMARTS) is 1. The second kappa shape index (κ2) is 5.01. The largest absolute Gasteiger partial charge is 0.478 e. The summed E-state index contributed by atoms with van der Waals surface area (Å²) in [6.45, 7) is 4.59. The number of carbonyl (C=O) groups is 1. The summed E-state index contributed by atoms with van der Waals surface area (Å²) in [6, 6.07) is 0. The van der Waals surface area contributed by atoms with E-state index in [1.807, 2.05) is 4.90 Å². The van der Waals surface area contributed by atoms with E-state index in [1.165, 1.54) is 0 Å². The molecule has 0 amide bonds. The monoisotopic (exact) mass is 269 g/mol. The number of aryl methyl sites for hydroxylation is 1. The molecule has 0 aromatic carbocycles. The molecule has 0 bridgehead atoms. The molecule has 1 N–H and O–H groups in total. The van der Waals surface area contributed by atoms with E-state index in [2.05, 4.69) is 10.2 Å². The van der Waals surface area contributed by atoms with Crippen LogP contribution in [0.3, 0.4) is 0 Å². The van der Waals surface area contributed by atoms with Crippen LogP contribution in [-0.2, 0) is 10.8 Å². The Labute approximate surface area is 107 Å². The summed E-state index contributed by atoms with van der Waals surface area (Å²) in [7, 11) is -0.799. The molecule has 0 unspecified atom stereocenters. The van der Waals surface area contributed by atoms with Gasteiger partial charge in [-0.25, -0.2) is 4.79 Å². The SMILES string of the molecule is Cc1nnc(N2CCS(=O)CC2)c(C(=O)O)c1C. The molecule has 2 rings (SSSR count). The standard InChI is InChI=1S/C11H15N3O3S/c1-7-8(2)12-13-10(9(7)11(15)16)14-3-5-18(17)6-4-14/h3-6H2,1-2H3,(H,15,16). The molecule has 98 valence electrons. The van der Waals surface area contributed by atoms with Gasteiger partial charge in [-0.2, -0.15) is 5.10 Å². The number of aromatic nitrogens is 2. The van der Waals surface area contributed by atoms with Crippen LogP contribution in [-0.4, -0.2) is 50.1 Å². The fourth-order valence-corrected chi connectivity index (χ4v) is 2.98. The molecule has 1 fully saturated rings. The number of anilines is 1. The number of carboxylic acids is 1. The lowest BCUT2D eigenvalue weighted by molar-refractivity contribution is 0.0696. The molecular formula is C11H15N3O3S. The zero-order valence-electron chi connectivity index (χ0n) is 10.3. The lowest BCUT2D eigenvalue weighted by Gasteiger charge is -2.28. The van der Waals surface area contributed by atoms with E-state index < -0.39 is 16.8 Å². The van der Waals surface area contributed by atoms with E-state index in [0.717, 1.165) is 0 Å². The summed E-state index contributed by atoms with van der Waals surface area (Å²) in [6.07, 6.45) is 0. The first-order valence-electron chi connectivity index (χ1n) is 5.68. The van der Waals surface area contributed by atoms with Gasteiger partial charge in [0.25, 0.3) is 0 Å². The van der Waals surface area contributed by atoms with E-state index in [-0.39, 0.29) is 5.56 Å². The van der Waals surface area contributed by atoms with Crippen molar-refractivity contribution in [3.63, 3.8) is 0 Å². The average Bonchev–Trinajstić information content (AvgIpc) is 2.33.